The molecule has 3 amide bonds. The Kier molecular flexibility index (Phi) is 5.07. The molecular weight excluding hydrogens is 334 g/mol. The molecule has 26 heavy (non-hydrogen) atoms. The molecule has 7 nitrogen and oxygen atoms in total. The number of hydrogen-bond acceptors (Lipinski definition) is 4. The van der Waals surface area contributed by atoms with Crippen molar-refractivity contribution in [3.05, 3.63) is 59.7 Å². The summed E-state index contributed by atoms with van der Waals surface area (Å²) in [5.41, 5.74) is 7.42. The molecule has 1 heterocycles. The Labute approximate surface area is 150 Å². The zero-order chi connectivity index (χ0) is 18.5. The normalized spacial score (nSPS) is 13.4. The van der Waals surface area contributed by atoms with E-state index in [1.165, 1.54) is 6.08 Å². The fraction of sp³-hybridized carbons (Fsp3) is 0.158. The quantitative estimate of drug-likeness (QED) is 0.719. The van der Waals surface area contributed by atoms with Crippen molar-refractivity contribution in [1.29, 1.82) is 0 Å². The molecule has 0 fully saturated rings. The van der Waals surface area contributed by atoms with Crippen molar-refractivity contribution in [2.45, 2.75) is 13.0 Å². The topological polar surface area (TPSA) is 103 Å². The minimum absolute atomic E-state index is 0.188. The maximum absolute atomic E-state index is 12.1. The van der Waals surface area contributed by atoms with Crippen LogP contribution in [0, 0.1) is 0 Å². The molecule has 1 aliphatic heterocycles. The van der Waals surface area contributed by atoms with Crippen molar-refractivity contribution in [3.8, 4) is 11.5 Å². The number of carbonyl (C=O) groups excluding carboxylic acids is 2. The molecule has 2 aromatic carbocycles. The summed E-state index contributed by atoms with van der Waals surface area (Å²) in [5.74, 6) is 1.16. The fourth-order valence-electron chi connectivity index (χ4n) is 2.53. The number of ether oxygens (including phenoxy) is 2. The molecule has 0 radical (unpaired) electrons. The maximum Gasteiger partial charge on any atom is 0.316 e. The Morgan fingerprint density at radius 1 is 1.12 bits per heavy atom. The smallest absolute Gasteiger partial charge is 0.316 e. The molecule has 0 saturated heterocycles. The van der Waals surface area contributed by atoms with E-state index in [0.717, 1.165) is 11.1 Å². The first-order valence-corrected chi connectivity index (χ1v) is 8.06. The standard InChI is InChI=1S/C19H19N3O4/c1-12(14-4-6-15(7-5-14)22-19(20)24)21-18(23)9-3-13-2-8-16-17(10-13)26-11-25-16/h2-10,12H,11H2,1H3,(H,21,23)(H3,20,22,24)/b9-3-/t12-/m1/s1. The van der Waals surface area contributed by atoms with Gasteiger partial charge in [-0.1, -0.05) is 18.2 Å². The molecule has 2 aromatic rings. The molecular formula is C19H19N3O4. The average Bonchev–Trinajstić information content (AvgIpc) is 3.07. The van der Waals surface area contributed by atoms with Crippen LogP contribution in [0.2, 0.25) is 0 Å². The Hall–Kier alpha value is -3.48. The number of amides is 3. The second-order valence-corrected chi connectivity index (χ2v) is 5.79. The largest absolute Gasteiger partial charge is 0.454 e. The molecule has 3 rings (SSSR count). The highest BCUT2D eigenvalue weighted by Gasteiger charge is 2.12. The minimum atomic E-state index is -0.618. The van der Waals surface area contributed by atoms with E-state index in [1.54, 1.807) is 18.2 Å². The van der Waals surface area contributed by atoms with Gasteiger partial charge in [-0.2, -0.15) is 0 Å². The molecule has 0 spiro atoms. The van der Waals surface area contributed by atoms with Crippen LogP contribution in [0.3, 0.4) is 0 Å². The maximum atomic E-state index is 12.1. The SMILES string of the molecule is C[C@@H](NC(=O)/C=C\c1ccc2c(c1)OCO2)c1ccc(NC(N)=O)cc1. The number of benzene rings is 2. The van der Waals surface area contributed by atoms with Gasteiger partial charge in [-0.3, -0.25) is 4.79 Å². The first-order valence-electron chi connectivity index (χ1n) is 8.06. The Morgan fingerprint density at radius 3 is 2.58 bits per heavy atom. The number of primary amides is 1. The lowest BCUT2D eigenvalue weighted by atomic mass is 10.1. The molecule has 7 heteroatoms. The van der Waals surface area contributed by atoms with Gasteiger partial charge in [0.25, 0.3) is 0 Å². The lowest BCUT2D eigenvalue weighted by Crippen LogP contribution is -2.24. The predicted molar refractivity (Wildman–Crippen MR) is 97.8 cm³/mol. The molecule has 0 aliphatic carbocycles. The molecule has 134 valence electrons. The van der Waals surface area contributed by atoms with Gasteiger partial charge >= 0.3 is 6.03 Å². The van der Waals surface area contributed by atoms with Gasteiger partial charge in [0.15, 0.2) is 11.5 Å². The number of fused-ring (bicyclic) bond motifs is 1. The van der Waals surface area contributed by atoms with Gasteiger partial charge in [-0.05, 0) is 48.4 Å². The Morgan fingerprint density at radius 2 is 1.85 bits per heavy atom. The third-order valence-electron chi connectivity index (χ3n) is 3.86. The first-order chi connectivity index (χ1) is 12.5. The van der Waals surface area contributed by atoms with Crippen molar-refractivity contribution in [3.63, 3.8) is 0 Å². The van der Waals surface area contributed by atoms with Crippen LogP contribution in [-0.4, -0.2) is 18.7 Å². The highest BCUT2D eigenvalue weighted by molar-refractivity contribution is 5.92. The lowest BCUT2D eigenvalue weighted by Gasteiger charge is -2.13. The number of nitrogens with one attached hydrogen (secondary N) is 2. The van der Waals surface area contributed by atoms with E-state index in [0.29, 0.717) is 17.2 Å². The van der Waals surface area contributed by atoms with Crippen LogP contribution in [0.5, 0.6) is 11.5 Å². The van der Waals surface area contributed by atoms with Crippen LogP contribution in [0.4, 0.5) is 10.5 Å². The van der Waals surface area contributed by atoms with Crippen molar-refractivity contribution in [1.82, 2.24) is 5.32 Å². The number of nitrogens with two attached hydrogens (primary N) is 1. The monoisotopic (exact) mass is 353 g/mol. The van der Waals surface area contributed by atoms with Crippen molar-refractivity contribution >= 4 is 23.7 Å². The third kappa shape index (κ3) is 4.32. The van der Waals surface area contributed by atoms with Gasteiger partial charge < -0.3 is 25.8 Å². The van der Waals surface area contributed by atoms with E-state index in [1.807, 2.05) is 37.3 Å². The van der Waals surface area contributed by atoms with Crippen LogP contribution in [0.25, 0.3) is 6.08 Å². The summed E-state index contributed by atoms with van der Waals surface area (Å²) in [6.45, 7) is 2.09. The number of hydrogen-bond donors (Lipinski definition) is 3. The highest BCUT2D eigenvalue weighted by atomic mass is 16.7. The summed E-state index contributed by atoms with van der Waals surface area (Å²) in [4.78, 5) is 22.9. The summed E-state index contributed by atoms with van der Waals surface area (Å²) < 4.78 is 10.6. The zero-order valence-electron chi connectivity index (χ0n) is 14.2. The summed E-state index contributed by atoms with van der Waals surface area (Å²) >= 11 is 0. The van der Waals surface area contributed by atoms with E-state index < -0.39 is 6.03 Å². The Balaban J connectivity index is 1.57. The fourth-order valence-corrected chi connectivity index (χ4v) is 2.53. The van der Waals surface area contributed by atoms with Crippen LogP contribution in [0.15, 0.2) is 48.5 Å². The molecule has 0 unspecified atom stereocenters. The third-order valence-corrected chi connectivity index (χ3v) is 3.86. The van der Waals surface area contributed by atoms with Crippen LogP contribution in [-0.2, 0) is 4.79 Å². The molecule has 0 bridgehead atoms. The van der Waals surface area contributed by atoms with E-state index in [-0.39, 0.29) is 18.7 Å². The van der Waals surface area contributed by atoms with Gasteiger partial charge in [0.2, 0.25) is 12.7 Å². The van der Waals surface area contributed by atoms with Crippen LogP contribution in [0.1, 0.15) is 24.1 Å². The molecule has 4 N–H and O–H groups in total. The second kappa shape index (κ2) is 7.60. The first kappa shape index (κ1) is 17.3. The summed E-state index contributed by atoms with van der Waals surface area (Å²) in [6, 6.07) is 11.8. The van der Waals surface area contributed by atoms with Crippen molar-refractivity contribution < 1.29 is 19.1 Å². The van der Waals surface area contributed by atoms with E-state index >= 15 is 0 Å². The molecule has 1 atom stereocenters. The van der Waals surface area contributed by atoms with Gasteiger partial charge in [0.05, 0.1) is 6.04 Å². The van der Waals surface area contributed by atoms with Gasteiger partial charge in [0, 0.05) is 11.8 Å². The predicted octanol–water partition coefficient (Wildman–Crippen LogP) is 2.80. The second-order valence-electron chi connectivity index (χ2n) is 5.79. The molecule has 0 aromatic heterocycles. The number of carbonyl (C=O) groups is 2. The van der Waals surface area contributed by atoms with Crippen LogP contribution < -0.4 is 25.8 Å². The van der Waals surface area contributed by atoms with Gasteiger partial charge in [-0.25, -0.2) is 4.79 Å². The Bertz CT molecular complexity index is 846. The van der Waals surface area contributed by atoms with Gasteiger partial charge in [0.1, 0.15) is 0 Å². The van der Waals surface area contributed by atoms with Gasteiger partial charge in [-0.15, -0.1) is 0 Å². The lowest BCUT2D eigenvalue weighted by molar-refractivity contribution is -0.117. The minimum Gasteiger partial charge on any atom is -0.454 e. The summed E-state index contributed by atoms with van der Waals surface area (Å²) in [6.07, 6.45) is 3.18. The molecule has 0 saturated carbocycles. The molecule has 1 aliphatic rings. The van der Waals surface area contributed by atoms with Crippen LogP contribution >= 0.6 is 0 Å². The average molecular weight is 353 g/mol. The van der Waals surface area contributed by atoms with E-state index in [2.05, 4.69) is 10.6 Å². The van der Waals surface area contributed by atoms with E-state index in [9.17, 15) is 9.59 Å². The number of urea groups is 1. The van der Waals surface area contributed by atoms with Crippen molar-refractivity contribution in [2.24, 2.45) is 5.73 Å². The van der Waals surface area contributed by atoms with E-state index in [4.69, 9.17) is 15.2 Å². The highest BCUT2D eigenvalue weighted by Crippen LogP contribution is 2.32. The zero-order valence-corrected chi connectivity index (χ0v) is 14.2. The van der Waals surface area contributed by atoms with Crippen molar-refractivity contribution in [2.75, 3.05) is 12.1 Å². The summed E-state index contributed by atoms with van der Waals surface area (Å²) in [7, 11) is 0. The number of anilines is 1. The summed E-state index contributed by atoms with van der Waals surface area (Å²) in [5, 5.41) is 5.37. The number of rotatable bonds is 5.